The molecule has 9 heteroatoms. The van der Waals surface area contributed by atoms with Crippen molar-refractivity contribution in [1.29, 1.82) is 0 Å². The topological polar surface area (TPSA) is 92.9 Å². The highest BCUT2D eigenvalue weighted by molar-refractivity contribution is 5.99. The van der Waals surface area contributed by atoms with Gasteiger partial charge in [0.1, 0.15) is 11.8 Å². The van der Waals surface area contributed by atoms with Gasteiger partial charge in [0, 0.05) is 61.8 Å². The number of aromatic amines is 1. The maximum absolute atomic E-state index is 14.3. The molecule has 0 radical (unpaired) electrons. The zero-order chi connectivity index (χ0) is 31.3. The van der Waals surface area contributed by atoms with E-state index < -0.39 is 6.04 Å². The molecule has 45 heavy (non-hydrogen) atoms. The Bertz CT molecular complexity index is 1450. The van der Waals surface area contributed by atoms with Crippen LogP contribution in [-0.2, 0) is 11.3 Å². The molecule has 3 aromatic rings. The fourth-order valence-electron chi connectivity index (χ4n) is 7.00. The number of hydrogen-bond donors (Lipinski definition) is 3. The molecular weight excluding hydrogens is 564 g/mol. The van der Waals surface area contributed by atoms with E-state index in [4.69, 9.17) is 4.74 Å². The molecular formula is C36H50N6O3. The van der Waals surface area contributed by atoms with Crippen molar-refractivity contribution < 1.29 is 14.3 Å². The van der Waals surface area contributed by atoms with Gasteiger partial charge in [0.15, 0.2) is 0 Å². The molecule has 3 amide bonds. The number of piperazine rings is 1. The summed E-state index contributed by atoms with van der Waals surface area (Å²) in [6, 6.07) is 13.8. The predicted octanol–water partition coefficient (Wildman–Crippen LogP) is 5.79. The number of nitrogens with one attached hydrogen (secondary N) is 3. The number of benzene rings is 2. The molecule has 0 unspecified atom stereocenters. The normalized spacial score (nSPS) is 19.4. The van der Waals surface area contributed by atoms with Crippen molar-refractivity contribution >= 4 is 28.5 Å². The quantitative estimate of drug-likeness (QED) is 0.254. The minimum atomic E-state index is -0.790. The SMILES string of the molecule is C[C@H](c1c[nH]c2ccccc12)[C@@H](NC(=O)N1CCN(C2CCCCC2)CC1)C(=O)Nc1cc(CN(C)C)ccc1OCC1CC1. The number of anilines is 1. The standard InChI is InChI=1S/C36H50N6O3/c1-25(30-22-37-31-12-8-7-11-29(30)31)34(39-36(44)42-19-17-41(18-20-42)28-9-5-4-6-10-28)35(43)38-32-21-27(23-40(2)3)15-16-33(32)45-24-26-13-14-26/h7-8,11-12,15-16,21-22,25-26,28,34,37H,4-6,9-10,13-14,17-20,23-24H2,1-3H3,(H,38,43)(H,39,44)/t25-,34-/m1/s1. The lowest BCUT2D eigenvalue weighted by Crippen LogP contribution is -2.57. The van der Waals surface area contributed by atoms with Gasteiger partial charge in [0.2, 0.25) is 5.91 Å². The van der Waals surface area contributed by atoms with Crippen molar-refractivity contribution in [3.8, 4) is 5.75 Å². The van der Waals surface area contributed by atoms with E-state index in [-0.39, 0.29) is 17.9 Å². The molecule has 6 rings (SSSR count). The van der Waals surface area contributed by atoms with Gasteiger partial charge in [0.05, 0.1) is 12.3 Å². The summed E-state index contributed by atoms with van der Waals surface area (Å²) >= 11 is 0. The minimum Gasteiger partial charge on any atom is -0.491 e. The van der Waals surface area contributed by atoms with E-state index in [1.165, 1.54) is 44.9 Å². The number of urea groups is 1. The van der Waals surface area contributed by atoms with Crippen LogP contribution in [0.3, 0.4) is 0 Å². The Balaban J connectivity index is 1.21. The number of rotatable bonds is 11. The van der Waals surface area contributed by atoms with Crippen LogP contribution in [0.2, 0.25) is 0 Å². The van der Waals surface area contributed by atoms with Crippen LogP contribution in [0.15, 0.2) is 48.7 Å². The van der Waals surface area contributed by atoms with Crippen LogP contribution in [0.4, 0.5) is 10.5 Å². The molecule has 0 spiro atoms. The van der Waals surface area contributed by atoms with Crippen LogP contribution in [0, 0.1) is 5.92 Å². The highest BCUT2D eigenvalue weighted by atomic mass is 16.5. The molecule has 3 fully saturated rings. The molecule has 2 aromatic carbocycles. The first-order chi connectivity index (χ1) is 21.9. The Labute approximate surface area is 267 Å². The summed E-state index contributed by atoms with van der Waals surface area (Å²) in [5, 5.41) is 7.41. The van der Waals surface area contributed by atoms with Crippen LogP contribution in [0.25, 0.3) is 10.9 Å². The number of H-pyrrole nitrogens is 1. The second-order valence-corrected chi connectivity index (χ2v) is 13.6. The summed E-state index contributed by atoms with van der Waals surface area (Å²) in [5.41, 5.74) is 3.73. The largest absolute Gasteiger partial charge is 0.491 e. The Morgan fingerprint density at radius 3 is 2.49 bits per heavy atom. The van der Waals surface area contributed by atoms with Gasteiger partial charge in [-0.1, -0.05) is 50.5 Å². The van der Waals surface area contributed by atoms with Crippen LogP contribution >= 0.6 is 0 Å². The summed E-state index contributed by atoms with van der Waals surface area (Å²) in [6.07, 6.45) is 10.8. The summed E-state index contributed by atoms with van der Waals surface area (Å²) < 4.78 is 6.19. The van der Waals surface area contributed by atoms with Crippen molar-refractivity contribution in [3.63, 3.8) is 0 Å². The summed E-state index contributed by atoms with van der Waals surface area (Å²) in [5.74, 6) is 0.721. The second kappa shape index (κ2) is 14.3. The molecule has 242 valence electrons. The number of carbonyl (C=O) groups is 2. The number of ether oxygens (including phenoxy) is 1. The Hall–Kier alpha value is -3.56. The molecule has 2 saturated carbocycles. The average molecular weight is 615 g/mol. The van der Waals surface area contributed by atoms with Crippen molar-refractivity contribution in [2.24, 2.45) is 5.92 Å². The fraction of sp³-hybridized carbons (Fsp3) is 0.556. The predicted molar refractivity (Wildman–Crippen MR) is 180 cm³/mol. The molecule has 2 aliphatic carbocycles. The lowest BCUT2D eigenvalue weighted by molar-refractivity contribution is -0.118. The van der Waals surface area contributed by atoms with Crippen molar-refractivity contribution in [3.05, 3.63) is 59.8 Å². The first-order valence-electron chi connectivity index (χ1n) is 16.9. The third kappa shape index (κ3) is 7.82. The Morgan fingerprint density at radius 2 is 1.76 bits per heavy atom. The average Bonchev–Trinajstić information content (AvgIpc) is 3.79. The summed E-state index contributed by atoms with van der Waals surface area (Å²) in [7, 11) is 4.05. The molecule has 2 atom stereocenters. The fourth-order valence-corrected chi connectivity index (χ4v) is 7.00. The maximum atomic E-state index is 14.3. The van der Waals surface area contributed by atoms with Gasteiger partial charge in [-0.25, -0.2) is 4.79 Å². The highest BCUT2D eigenvalue weighted by Gasteiger charge is 2.34. The van der Waals surface area contributed by atoms with E-state index in [2.05, 4.69) is 37.6 Å². The number of amides is 3. The van der Waals surface area contributed by atoms with Crippen molar-refractivity contribution in [2.45, 2.75) is 76.4 Å². The zero-order valence-electron chi connectivity index (χ0n) is 27.2. The first kappa shape index (κ1) is 31.4. The van der Waals surface area contributed by atoms with Crippen molar-refractivity contribution in [2.75, 3.05) is 52.2 Å². The smallest absolute Gasteiger partial charge is 0.318 e. The van der Waals surface area contributed by atoms with Gasteiger partial charge in [-0.05, 0) is 75.0 Å². The second-order valence-electron chi connectivity index (χ2n) is 13.6. The number of aromatic nitrogens is 1. The van der Waals surface area contributed by atoms with Crippen molar-refractivity contribution in [1.82, 2.24) is 25.0 Å². The Kier molecular flexibility index (Phi) is 9.95. The lowest BCUT2D eigenvalue weighted by atomic mass is 9.92. The van der Waals surface area contributed by atoms with Crippen LogP contribution in [0.5, 0.6) is 5.75 Å². The molecule has 3 N–H and O–H groups in total. The summed E-state index contributed by atoms with van der Waals surface area (Å²) in [6.45, 7) is 6.52. The zero-order valence-corrected chi connectivity index (χ0v) is 27.2. The third-order valence-corrected chi connectivity index (χ3v) is 9.84. The van der Waals surface area contributed by atoms with Crippen LogP contribution in [-0.4, -0.2) is 90.6 Å². The van der Waals surface area contributed by atoms with E-state index in [1.54, 1.807) is 0 Å². The number of hydrogen-bond acceptors (Lipinski definition) is 5. The van der Waals surface area contributed by atoms with Crippen LogP contribution in [0.1, 0.15) is 68.9 Å². The van der Waals surface area contributed by atoms with Gasteiger partial charge in [0.25, 0.3) is 0 Å². The number of para-hydroxylation sites is 1. The lowest BCUT2D eigenvalue weighted by Gasteiger charge is -2.41. The van der Waals surface area contributed by atoms with E-state index in [0.29, 0.717) is 43.1 Å². The maximum Gasteiger partial charge on any atom is 0.318 e. The monoisotopic (exact) mass is 614 g/mol. The van der Waals surface area contributed by atoms with Gasteiger partial charge < -0.3 is 30.2 Å². The van der Waals surface area contributed by atoms with Gasteiger partial charge >= 0.3 is 6.03 Å². The molecule has 1 saturated heterocycles. The Morgan fingerprint density at radius 1 is 1.00 bits per heavy atom. The third-order valence-electron chi connectivity index (χ3n) is 9.84. The molecule has 1 aromatic heterocycles. The number of nitrogens with zero attached hydrogens (tertiary/aromatic N) is 3. The molecule has 1 aliphatic heterocycles. The summed E-state index contributed by atoms with van der Waals surface area (Å²) in [4.78, 5) is 37.9. The van der Waals surface area contributed by atoms with Crippen LogP contribution < -0.4 is 15.4 Å². The van der Waals surface area contributed by atoms with E-state index in [9.17, 15) is 9.59 Å². The van der Waals surface area contributed by atoms with Gasteiger partial charge in [-0.3, -0.25) is 9.69 Å². The van der Waals surface area contributed by atoms with E-state index in [1.807, 2.05) is 62.4 Å². The van der Waals surface area contributed by atoms with E-state index >= 15 is 0 Å². The molecule has 9 nitrogen and oxygen atoms in total. The molecule has 0 bridgehead atoms. The molecule has 3 aliphatic rings. The number of fused-ring (bicyclic) bond motifs is 1. The molecule has 2 heterocycles. The van der Waals surface area contributed by atoms with Gasteiger partial charge in [-0.2, -0.15) is 0 Å². The van der Waals surface area contributed by atoms with E-state index in [0.717, 1.165) is 41.7 Å². The van der Waals surface area contributed by atoms with Gasteiger partial charge in [-0.15, -0.1) is 0 Å². The minimum absolute atomic E-state index is 0.184. The highest BCUT2D eigenvalue weighted by Crippen LogP contribution is 2.34. The first-order valence-corrected chi connectivity index (χ1v) is 16.9. The number of carbonyl (C=O) groups excluding carboxylic acids is 2.